The molecule has 2 aromatic rings. The van der Waals surface area contributed by atoms with Gasteiger partial charge in [0, 0.05) is 34.1 Å². The van der Waals surface area contributed by atoms with Gasteiger partial charge in [-0.15, -0.1) is 11.3 Å². The van der Waals surface area contributed by atoms with Gasteiger partial charge in [-0.3, -0.25) is 4.79 Å². The van der Waals surface area contributed by atoms with Gasteiger partial charge in [-0.25, -0.2) is 0 Å². The lowest BCUT2D eigenvalue weighted by Crippen LogP contribution is -2.26. The third kappa shape index (κ3) is 2.58. The number of hydrogen-bond acceptors (Lipinski definition) is 3. The van der Waals surface area contributed by atoms with Gasteiger partial charge in [0.25, 0.3) is 0 Å². The summed E-state index contributed by atoms with van der Waals surface area (Å²) in [5.41, 5.74) is 4.00. The highest BCUT2D eigenvalue weighted by Crippen LogP contribution is 2.32. The summed E-state index contributed by atoms with van der Waals surface area (Å²) < 4.78 is 0. The molecule has 0 aliphatic heterocycles. The average molecular weight is 300 g/mol. The third-order valence-corrected chi connectivity index (χ3v) is 5.89. The largest absolute Gasteiger partial charge is 0.326 e. The first kappa shape index (κ1) is 13.3. The van der Waals surface area contributed by atoms with Crippen LogP contribution in [0.2, 0.25) is 0 Å². The maximum absolute atomic E-state index is 11.4. The second kappa shape index (κ2) is 5.43. The predicted molar refractivity (Wildman–Crippen MR) is 85.9 cm³/mol. The van der Waals surface area contributed by atoms with Crippen LogP contribution in [-0.4, -0.2) is 4.98 Å². The SMILES string of the molecule is O=c1ccc2c([nH]1)CCCC2NCc1cc2c(s1)CCC2. The number of aromatic amines is 1. The summed E-state index contributed by atoms with van der Waals surface area (Å²) in [5.74, 6) is 0. The summed E-state index contributed by atoms with van der Waals surface area (Å²) >= 11 is 1.97. The first-order chi connectivity index (χ1) is 10.3. The van der Waals surface area contributed by atoms with Crippen molar-refractivity contribution in [2.24, 2.45) is 0 Å². The molecule has 4 heteroatoms. The molecule has 0 saturated heterocycles. The van der Waals surface area contributed by atoms with E-state index >= 15 is 0 Å². The van der Waals surface area contributed by atoms with Crippen LogP contribution in [0.5, 0.6) is 0 Å². The Balaban J connectivity index is 1.49. The monoisotopic (exact) mass is 300 g/mol. The van der Waals surface area contributed by atoms with Gasteiger partial charge < -0.3 is 10.3 Å². The number of aromatic nitrogens is 1. The van der Waals surface area contributed by atoms with Gasteiger partial charge in [0.15, 0.2) is 0 Å². The molecule has 1 atom stereocenters. The Morgan fingerprint density at radius 2 is 2.19 bits per heavy atom. The summed E-state index contributed by atoms with van der Waals surface area (Å²) in [6.07, 6.45) is 7.16. The van der Waals surface area contributed by atoms with E-state index in [2.05, 4.69) is 16.4 Å². The molecule has 0 saturated carbocycles. The van der Waals surface area contributed by atoms with Crippen LogP contribution < -0.4 is 10.9 Å². The van der Waals surface area contributed by atoms with E-state index in [0.717, 1.165) is 31.5 Å². The third-order valence-electron chi connectivity index (χ3n) is 4.65. The maximum Gasteiger partial charge on any atom is 0.248 e. The molecule has 2 N–H and O–H groups in total. The number of hydrogen-bond donors (Lipinski definition) is 2. The molecule has 110 valence electrons. The molecule has 2 heterocycles. The molecule has 0 fully saturated rings. The van der Waals surface area contributed by atoms with E-state index < -0.39 is 0 Å². The molecule has 0 bridgehead atoms. The molecule has 0 radical (unpaired) electrons. The van der Waals surface area contributed by atoms with E-state index in [-0.39, 0.29) is 5.56 Å². The van der Waals surface area contributed by atoms with E-state index in [1.165, 1.54) is 29.7 Å². The van der Waals surface area contributed by atoms with Crippen LogP contribution in [0.25, 0.3) is 0 Å². The minimum Gasteiger partial charge on any atom is -0.326 e. The van der Waals surface area contributed by atoms with Crippen LogP contribution in [0.15, 0.2) is 23.0 Å². The van der Waals surface area contributed by atoms with Crippen molar-refractivity contribution in [2.45, 2.75) is 51.1 Å². The molecule has 2 aliphatic carbocycles. The fraction of sp³-hybridized carbons (Fsp3) is 0.471. The Bertz CT molecular complexity index is 694. The lowest BCUT2D eigenvalue weighted by atomic mass is 9.91. The first-order valence-corrected chi connectivity index (χ1v) is 8.67. The van der Waals surface area contributed by atoms with E-state index in [4.69, 9.17) is 0 Å². The van der Waals surface area contributed by atoms with Crippen LogP contribution >= 0.6 is 11.3 Å². The van der Waals surface area contributed by atoms with Crippen molar-refractivity contribution in [3.63, 3.8) is 0 Å². The van der Waals surface area contributed by atoms with Crippen molar-refractivity contribution in [3.05, 3.63) is 55.1 Å². The molecule has 4 rings (SSSR count). The van der Waals surface area contributed by atoms with Crippen LogP contribution in [0.3, 0.4) is 0 Å². The highest BCUT2D eigenvalue weighted by molar-refractivity contribution is 7.12. The van der Waals surface area contributed by atoms with Crippen LogP contribution in [0.4, 0.5) is 0 Å². The normalized spacial score (nSPS) is 20.3. The molecule has 3 nitrogen and oxygen atoms in total. The zero-order valence-electron chi connectivity index (χ0n) is 12.1. The van der Waals surface area contributed by atoms with E-state index in [0.29, 0.717) is 6.04 Å². The van der Waals surface area contributed by atoms with E-state index in [1.807, 2.05) is 17.4 Å². The number of pyridine rings is 1. The fourth-order valence-electron chi connectivity index (χ4n) is 3.61. The molecule has 0 amide bonds. The van der Waals surface area contributed by atoms with Gasteiger partial charge in [0.2, 0.25) is 5.56 Å². The Morgan fingerprint density at radius 3 is 3.10 bits per heavy atom. The molecule has 1 unspecified atom stereocenters. The summed E-state index contributed by atoms with van der Waals surface area (Å²) in [7, 11) is 0. The van der Waals surface area contributed by atoms with Gasteiger partial charge in [0.1, 0.15) is 0 Å². The summed E-state index contributed by atoms with van der Waals surface area (Å²) in [5, 5.41) is 3.69. The van der Waals surface area contributed by atoms with Crippen molar-refractivity contribution in [1.82, 2.24) is 10.3 Å². The number of rotatable bonds is 3. The second-order valence-corrected chi connectivity index (χ2v) is 7.32. The highest BCUT2D eigenvalue weighted by Gasteiger charge is 2.21. The Hall–Kier alpha value is -1.39. The van der Waals surface area contributed by atoms with Gasteiger partial charge in [-0.1, -0.05) is 6.07 Å². The number of thiophene rings is 1. The lowest BCUT2D eigenvalue weighted by Gasteiger charge is -2.25. The fourth-order valence-corrected chi connectivity index (χ4v) is 4.83. The Morgan fingerprint density at radius 1 is 1.24 bits per heavy atom. The van der Waals surface area contributed by atoms with Crippen LogP contribution in [-0.2, 0) is 25.8 Å². The first-order valence-electron chi connectivity index (χ1n) is 7.85. The molecule has 0 aromatic carbocycles. The zero-order chi connectivity index (χ0) is 14.2. The topological polar surface area (TPSA) is 44.9 Å². The molecule has 0 spiro atoms. The standard InChI is InChI=1S/C17H20N2OS/c20-17-8-7-13-14(4-2-5-15(13)19-17)18-10-12-9-11-3-1-6-16(11)21-12/h7-9,14,18H,1-6,10H2,(H,19,20). The quantitative estimate of drug-likeness (QED) is 0.915. The number of aryl methyl sites for hydroxylation is 3. The van der Waals surface area contributed by atoms with Gasteiger partial charge in [0.05, 0.1) is 0 Å². The summed E-state index contributed by atoms with van der Waals surface area (Å²) in [6.45, 7) is 0.945. The number of fused-ring (bicyclic) bond motifs is 2. The van der Waals surface area contributed by atoms with Crippen molar-refractivity contribution >= 4 is 11.3 Å². The van der Waals surface area contributed by atoms with E-state index in [1.54, 1.807) is 16.5 Å². The van der Waals surface area contributed by atoms with Gasteiger partial charge in [-0.05, 0) is 55.7 Å². The molecule has 21 heavy (non-hydrogen) atoms. The predicted octanol–water partition coefficient (Wildman–Crippen LogP) is 3.09. The molecular formula is C17H20N2OS. The smallest absolute Gasteiger partial charge is 0.248 e. The molecule has 2 aliphatic rings. The lowest BCUT2D eigenvalue weighted by molar-refractivity contribution is 0.455. The van der Waals surface area contributed by atoms with Crippen molar-refractivity contribution in [2.75, 3.05) is 0 Å². The summed E-state index contributed by atoms with van der Waals surface area (Å²) in [4.78, 5) is 17.5. The highest BCUT2D eigenvalue weighted by atomic mass is 32.1. The summed E-state index contributed by atoms with van der Waals surface area (Å²) in [6, 6.07) is 6.41. The minimum atomic E-state index is 0.0177. The molecular weight excluding hydrogens is 280 g/mol. The van der Waals surface area contributed by atoms with Crippen molar-refractivity contribution < 1.29 is 0 Å². The van der Waals surface area contributed by atoms with Gasteiger partial charge in [-0.2, -0.15) is 0 Å². The average Bonchev–Trinajstić information content (AvgIpc) is 3.05. The van der Waals surface area contributed by atoms with E-state index in [9.17, 15) is 4.79 Å². The minimum absolute atomic E-state index is 0.0177. The second-order valence-electron chi connectivity index (χ2n) is 6.10. The zero-order valence-corrected chi connectivity index (χ0v) is 12.9. The maximum atomic E-state index is 11.4. The van der Waals surface area contributed by atoms with Crippen molar-refractivity contribution in [1.29, 1.82) is 0 Å². The Labute approximate surface area is 128 Å². The van der Waals surface area contributed by atoms with Crippen molar-refractivity contribution in [3.8, 4) is 0 Å². The van der Waals surface area contributed by atoms with Crippen LogP contribution in [0.1, 0.15) is 51.9 Å². The molecule has 2 aromatic heterocycles. The number of H-pyrrole nitrogens is 1. The number of nitrogens with one attached hydrogen (secondary N) is 2. The van der Waals surface area contributed by atoms with Crippen LogP contribution in [0, 0.1) is 0 Å². The van der Waals surface area contributed by atoms with Gasteiger partial charge >= 0.3 is 0 Å². The Kier molecular flexibility index (Phi) is 3.43.